The van der Waals surface area contributed by atoms with Crippen molar-refractivity contribution in [2.45, 2.75) is 31.8 Å². The molecular formula is C20H22N4O3. The van der Waals surface area contributed by atoms with Gasteiger partial charge in [0.2, 0.25) is 11.8 Å². The Morgan fingerprint density at radius 2 is 1.78 bits per heavy atom. The first-order valence-electron chi connectivity index (χ1n) is 9.32. The summed E-state index contributed by atoms with van der Waals surface area (Å²) in [6.45, 7) is 1.31. The van der Waals surface area contributed by atoms with Gasteiger partial charge in [-0.25, -0.2) is 4.98 Å². The van der Waals surface area contributed by atoms with Crippen molar-refractivity contribution in [3.05, 3.63) is 48.4 Å². The number of carbonyl (C=O) groups is 2. The van der Waals surface area contributed by atoms with Crippen molar-refractivity contribution in [3.63, 3.8) is 0 Å². The van der Waals surface area contributed by atoms with Gasteiger partial charge in [-0.05, 0) is 31.0 Å². The SMILES string of the molecule is O=C(Nc1ccc(OC2CCN(C(=O)c3ccncc3)CC2)nc1)C1CC1. The standard InChI is InChI=1S/C20H22N4O3/c25-19(14-1-2-14)23-16-3-4-18(22-13-16)27-17-7-11-24(12-8-17)20(26)15-5-9-21-10-6-15/h3-6,9-10,13-14,17H,1-2,7-8,11-12H2,(H,23,25). The van der Waals surface area contributed by atoms with Gasteiger partial charge >= 0.3 is 0 Å². The van der Waals surface area contributed by atoms with Crippen molar-refractivity contribution in [2.75, 3.05) is 18.4 Å². The van der Waals surface area contributed by atoms with E-state index < -0.39 is 0 Å². The summed E-state index contributed by atoms with van der Waals surface area (Å²) in [5.41, 5.74) is 1.35. The highest BCUT2D eigenvalue weighted by Crippen LogP contribution is 2.30. The number of amides is 2. The number of rotatable bonds is 5. The molecule has 0 aromatic carbocycles. The number of piperidine rings is 1. The summed E-state index contributed by atoms with van der Waals surface area (Å²) in [5, 5.41) is 2.86. The molecule has 1 aliphatic heterocycles. The molecule has 0 spiro atoms. The van der Waals surface area contributed by atoms with Crippen molar-refractivity contribution < 1.29 is 14.3 Å². The average molecular weight is 366 g/mol. The molecule has 2 amide bonds. The van der Waals surface area contributed by atoms with Gasteiger partial charge in [0.25, 0.3) is 5.91 Å². The Labute approximate surface area is 157 Å². The van der Waals surface area contributed by atoms with Crippen LogP contribution in [0.1, 0.15) is 36.0 Å². The van der Waals surface area contributed by atoms with Gasteiger partial charge in [-0.2, -0.15) is 0 Å². The maximum absolute atomic E-state index is 12.5. The summed E-state index contributed by atoms with van der Waals surface area (Å²) < 4.78 is 5.94. The van der Waals surface area contributed by atoms with Crippen molar-refractivity contribution in [2.24, 2.45) is 5.92 Å². The molecule has 0 atom stereocenters. The van der Waals surface area contributed by atoms with Crippen molar-refractivity contribution in [1.82, 2.24) is 14.9 Å². The summed E-state index contributed by atoms with van der Waals surface area (Å²) in [5.74, 6) is 0.806. The zero-order valence-corrected chi connectivity index (χ0v) is 15.0. The second-order valence-electron chi connectivity index (χ2n) is 6.99. The second kappa shape index (κ2) is 7.73. The van der Waals surface area contributed by atoms with Crippen LogP contribution in [0, 0.1) is 5.92 Å². The molecule has 1 N–H and O–H groups in total. The van der Waals surface area contributed by atoms with E-state index in [9.17, 15) is 9.59 Å². The molecule has 1 saturated carbocycles. The predicted molar refractivity (Wildman–Crippen MR) is 99.4 cm³/mol. The lowest BCUT2D eigenvalue weighted by Gasteiger charge is -2.32. The molecule has 2 fully saturated rings. The predicted octanol–water partition coefficient (Wildman–Crippen LogP) is 2.51. The first-order chi connectivity index (χ1) is 13.2. The van der Waals surface area contributed by atoms with E-state index in [2.05, 4.69) is 15.3 Å². The third-order valence-corrected chi connectivity index (χ3v) is 4.90. The van der Waals surface area contributed by atoms with Gasteiger partial charge in [0.1, 0.15) is 6.10 Å². The summed E-state index contributed by atoms with van der Waals surface area (Å²) >= 11 is 0. The Kier molecular flexibility index (Phi) is 5.00. The molecule has 1 saturated heterocycles. The fraction of sp³-hybridized carbons (Fsp3) is 0.400. The minimum absolute atomic E-state index is 0.0322. The Bertz CT molecular complexity index is 798. The zero-order valence-electron chi connectivity index (χ0n) is 15.0. The van der Waals surface area contributed by atoms with E-state index >= 15 is 0 Å². The fourth-order valence-corrected chi connectivity index (χ4v) is 3.14. The molecule has 7 nitrogen and oxygen atoms in total. The quantitative estimate of drug-likeness (QED) is 0.879. The zero-order chi connectivity index (χ0) is 18.6. The largest absolute Gasteiger partial charge is 0.474 e. The van der Waals surface area contributed by atoms with Crippen LogP contribution >= 0.6 is 0 Å². The molecule has 0 radical (unpaired) electrons. The number of carbonyl (C=O) groups excluding carboxylic acids is 2. The summed E-state index contributed by atoms with van der Waals surface area (Å²) in [6, 6.07) is 7.05. The highest BCUT2D eigenvalue weighted by atomic mass is 16.5. The van der Waals surface area contributed by atoms with E-state index in [1.165, 1.54) is 0 Å². The molecule has 1 aliphatic carbocycles. The van der Waals surface area contributed by atoms with Crippen LogP contribution < -0.4 is 10.1 Å². The van der Waals surface area contributed by atoms with Crippen LogP contribution in [0.3, 0.4) is 0 Å². The number of ether oxygens (including phenoxy) is 1. The van der Waals surface area contributed by atoms with Crippen LogP contribution in [0.5, 0.6) is 5.88 Å². The molecule has 4 rings (SSSR count). The van der Waals surface area contributed by atoms with Crippen LogP contribution in [0.15, 0.2) is 42.9 Å². The van der Waals surface area contributed by atoms with Gasteiger partial charge in [0.15, 0.2) is 0 Å². The summed E-state index contributed by atoms with van der Waals surface area (Å²) in [4.78, 5) is 34.3. The second-order valence-corrected chi connectivity index (χ2v) is 6.99. The highest BCUT2D eigenvalue weighted by Gasteiger charge is 2.29. The molecular weight excluding hydrogens is 344 g/mol. The number of anilines is 1. The van der Waals surface area contributed by atoms with E-state index in [1.807, 2.05) is 11.0 Å². The summed E-state index contributed by atoms with van der Waals surface area (Å²) in [6.07, 6.45) is 8.39. The third kappa shape index (κ3) is 4.42. The highest BCUT2D eigenvalue weighted by molar-refractivity contribution is 5.94. The van der Waals surface area contributed by atoms with Gasteiger partial charge in [-0.3, -0.25) is 14.6 Å². The van der Waals surface area contributed by atoms with Gasteiger partial charge in [-0.15, -0.1) is 0 Å². The number of pyridine rings is 2. The molecule has 0 bridgehead atoms. The van der Waals surface area contributed by atoms with E-state index in [1.54, 1.807) is 36.8 Å². The first-order valence-corrected chi connectivity index (χ1v) is 9.32. The summed E-state index contributed by atoms with van der Waals surface area (Å²) in [7, 11) is 0. The Hall–Kier alpha value is -2.96. The normalized spacial score (nSPS) is 17.4. The molecule has 27 heavy (non-hydrogen) atoms. The van der Waals surface area contributed by atoms with E-state index in [-0.39, 0.29) is 23.8 Å². The van der Waals surface area contributed by atoms with E-state index in [4.69, 9.17) is 4.74 Å². The molecule has 2 aromatic heterocycles. The maximum atomic E-state index is 12.5. The lowest BCUT2D eigenvalue weighted by molar-refractivity contribution is -0.117. The molecule has 2 aromatic rings. The lowest BCUT2D eigenvalue weighted by atomic mass is 10.1. The van der Waals surface area contributed by atoms with Gasteiger partial charge < -0.3 is 15.0 Å². The number of aromatic nitrogens is 2. The monoisotopic (exact) mass is 366 g/mol. The topological polar surface area (TPSA) is 84.4 Å². The van der Waals surface area contributed by atoms with Gasteiger partial charge in [0.05, 0.1) is 11.9 Å². The van der Waals surface area contributed by atoms with Crippen molar-refractivity contribution in [3.8, 4) is 5.88 Å². The van der Waals surface area contributed by atoms with Crippen LogP contribution in [0.25, 0.3) is 0 Å². The van der Waals surface area contributed by atoms with Crippen LogP contribution in [0.2, 0.25) is 0 Å². The van der Waals surface area contributed by atoms with Crippen LogP contribution in [-0.2, 0) is 4.79 Å². The van der Waals surface area contributed by atoms with Crippen molar-refractivity contribution >= 4 is 17.5 Å². The smallest absolute Gasteiger partial charge is 0.253 e. The Morgan fingerprint density at radius 1 is 1.04 bits per heavy atom. The van der Waals surface area contributed by atoms with E-state index in [0.717, 1.165) is 25.7 Å². The molecule has 3 heterocycles. The molecule has 2 aliphatic rings. The van der Waals surface area contributed by atoms with E-state index in [0.29, 0.717) is 30.2 Å². The average Bonchev–Trinajstić information content (AvgIpc) is 3.56. The number of hydrogen-bond donors (Lipinski definition) is 1. The maximum Gasteiger partial charge on any atom is 0.253 e. The van der Waals surface area contributed by atoms with Crippen LogP contribution in [0.4, 0.5) is 5.69 Å². The van der Waals surface area contributed by atoms with Gasteiger partial charge in [-0.1, -0.05) is 0 Å². The van der Waals surface area contributed by atoms with Crippen molar-refractivity contribution in [1.29, 1.82) is 0 Å². The minimum atomic E-state index is 0.0322. The van der Waals surface area contributed by atoms with Crippen LogP contribution in [-0.4, -0.2) is 45.9 Å². The Balaban J connectivity index is 1.26. The number of hydrogen-bond acceptors (Lipinski definition) is 5. The first kappa shape index (κ1) is 17.5. The van der Waals surface area contributed by atoms with Gasteiger partial charge in [0, 0.05) is 55.9 Å². The molecule has 7 heteroatoms. The fourth-order valence-electron chi connectivity index (χ4n) is 3.14. The molecule has 140 valence electrons. The molecule has 0 unspecified atom stereocenters. The number of nitrogens with one attached hydrogen (secondary N) is 1. The number of likely N-dealkylation sites (tertiary alicyclic amines) is 1. The number of nitrogens with zero attached hydrogens (tertiary/aromatic N) is 3. The lowest BCUT2D eigenvalue weighted by Crippen LogP contribution is -2.41. The third-order valence-electron chi connectivity index (χ3n) is 4.90. The Morgan fingerprint density at radius 3 is 2.41 bits per heavy atom. The minimum Gasteiger partial charge on any atom is -0.474 e.